The van der Waals surface area contributed by atoms with E-state index in [1.165, 1.54) is 96.3 Å². The molecule has 152 valence electrons. The summed E-state index contributed by atoms with van der Waals surface area (Å²) in [5.74, 6) is 0. The van der Waals surface area contributed by atoms with Crippen LogP contribution in [-0.2, 0) is 0 Å². The van der Waals surface area contributed by atoms with Gasteiger partial charge in [0, 0.05) is 10.9 Å². The number of halogens is 1. The second kappa shape index (κ2) is 17.7. The molecule has 0 aromatic carbocycles. The topological polar surface area (TPSA) is 12.0 Å². The molecular weight excluding hydrogens is 326 g/mol. The molecule has 0 aliphatic rings. The maximum Gasteiger partial charge on any atom is 0.0308 e. The van der Waals surface area contributed by atoms with Crippen molar-refractivity contribution in [3.8, 4) is 0 Å². The standard InChI is InChI=1S/C23H48ClN/c1-5-6-7-8-9-10-11-12-13-14-15-16-17-20-23(3,4)25-21-18-19-22(2)24/h22,25H,5-21H2,1-4H3. The van der Waals surface area contributed by atoms with Crippen LogP contribution in [0.15, 0.2) is 0 Å². The first kappa shape index (κ1) is 25.2. The van der Waals surface area contributed by atoms with Gasteiger partial charge in [-0.2, -0.15) is 0 Å². The van der Waals surface area contributed by atoms with Gasteiger partial charge >= 0.3 is 0 Å². The van der Waals surface area contributed by atoms with Crippen LogP contribution < -0.4 is 5.32 Å². The van der Waals surface area contributed by atoms with Crippen molar-refractivity contribution >= 4 is 11.6 Å². The van der Waals surface area contributed by atoms with E-state index in [1.807, 2.05) is 0 Å². The largest absolute Gasteiger partial charge is 0.312 e. The molecule has 0 amide bonds. The highest BCUT2D eigenvalue weighted by Crippen LogP contribution is 2.17. The lowest BCUT2D eigenvalue weighted by molar-refractivity contribution is 0.343. The Hall–Kier alpha value is 0.250. The number of hydrogen-bond donors (Lipinski definition) is 1. The highest BCUT2D eigenvalue weighted by molar-refractivity contribution is 6.20. The second-order valence-corrected chi connectivity index (χ2v) is 9.47. The number of rotatable bonds is 19. The van der Waals surface area contributed by atoms with Crippen molar-refractivity contribution in [3.63, 3.8) is 0 Å². The molecule has 1 nitrogen and oxygen atoms in total. The minimum Gasteiger partial charge on any atom is -0.312 e. The Morgan fingerprint density at radius 1 is 0.720 bits per heavy atom. The fourth-order valence-electron chi connectivity index (χ4n) is 3.48. The van der Waals surface area contributed by atoms with Gasteiger partial charge in [-0.25, -0.2) is 0 Å². The number of alkyl halides is 1. The smallest absolute Gasteiger partial charge is 0.0308 e. The molecule has 0 rings (SSSR count). The molecule has 1 atom stereocenters. The molecule has 0 aliphatic carbocycles. The Morgan fingerprint density at radius 3 is 1.60 bits per heavy atom. The Morgan fingerprint density at radius 2 is 1.16 bits per heavy atom. The zero-order chi connectivity index (χ0) is 18.8. The molecular formula is C23H48ClN. The lowest BCUT2D eigenvalue weighted by atomic mass is 9.95. The van der Waals surface area contributed by atoms with Crippen molar-refractivity contribution in [1.82, 2.24) is 5.32 Å². The molecule has 1 N–H and O–H groups in total. The fraction of sp³-hybridized carbons (Fsp3) is 1.00. The van der Waals surface area contributed by atoms with Gasteiger partial charge in [-0.15, -0.1) is 11.6 Å². The van der Waals surface area contributed by atoms with Crippen LogP contribution in [0.1, 0.15) is 130 Å². The highest BCUT2D eigenvalue weighted by atomic mass is 35.5. The van der Waals surface area contributed by atoms with Crippen LogP contribution in [0.3, 0.4) is 0 Å². The van der Waals surface area contributed by atoms with Gasteiger partial charge in [0.25, 0.3) is 0 Å². The maximum absolute atomic E-state index is 6.00. The predicted octanol–water partition coefficient (Wildman–Crippen LogP) is 8.24. The van der Waals surface area contributed by atoms with Gasteiger partial charge in [-0.05, 0) is 46.6 Å². The molecule has 0 bridgehead atoms. The summed E-state index contributed by atoms with van der Waals surface area (Å²) in [6.07, 6.45) is 22.2. The van der Waals surface area contributed by atoms with Gasteiger partial charge in [0.1, 0.15) is 0 Å². The van der Waals surface area contributed by atoms with Gasteiger partial charge < -0.3 is 5.32 Å². The van der Waals surface area contributed by atoms with Crippen LogP contribution in [0.2, 0.25) is 0 Å². The first-order chi connectivity index (χ1) is 12.0. The van der Waals surface area contributed by atoms with E-state index in [2.05, 4.69) is 33.0 Å². The van der Waals surface area contributed by atoms with E-state index in [9.17, 15) is 0 Å². The van der Waals surface area contributed by atoms with Crippen LogP contribution in [0.5, 0.6) is 0 Å². The van der Waals surface area contributed by atoms with Crippen molar-refractivity contribution in [2.45, 2.75) is 141 Å². The molecule has 0 spiro atoms. The highest BCUT2D eigenvalue weighted by Gasteiger charge is 2.15. The van der Waals surface area contributed by atoms with Crippen LogP contribution in [-0.4, -0.2) is 17.5 Å². The summed E-state index contributed by atoms with van der Waals surface area (Å²) in [5, 5.41) is 4.01. The Balaban J connectivity index is 3.28. The molecule has 1 unspecified atom stereocenters. The van der Waals surface area contributed by atoms with Crippen molar-refractivity contribution < 1.29 is 0 Å². The number of hydrogen-bond acceptors (Lipinski definition) is 1. The first-order valence-electron chi connectivity index (χ1n) is 11.4. The van der Waals surface area contributed by atoms with E-state index in [4.69, 9.17) is 11.6 Å². The predicted molar refractivity (Wildman–Crippen MR) is 117 cm³/mol. The van der Waals surface area contributed by atoms with Gasteiger partial charge in [0.15, 0.2) is 0 Å². The Bertz CT molecular complexity index is 263. The molecule has 25 heavy (non-hydrogen) atoms. The summed E-state index contributed by atoms with van der Waals surface area (Å²) < 4.78 is 0. The molecule has 0 aromatic rings. The third-order valence-corrected chi connectivity index (χ3v) is 5.51. The van der Waals surface area contributed by atoms with Gasteiger partial charge in [-0.1, -0.05) is 90.4 Å². The third-order valence-electron chi connectivity index (χ3n) is 5.29. The van der Waals surface area contributed by atoms with E-state index in [-0.39, 0.29) is 5.54 Å². The van der Waals surface area contributed by atoms with E-state index in [0.29, 0.717) is 5.38 Å². The molecule has 0 fully saturated rings. The summed E-state index contributed by atoms with van der Waals surface area (Å²) in [6.45, 7) is 10.2. The van der Waals surface area contributed by atoms with E-state index in [0.717, 1.165) is 13.0 Å². The van der Waals surface area contributed by atoms with Crippen molar-refractivity contribution in [3.05, 3.63) is 0 Å². The van der Waals surface area contributed by atoms with Crippen molar-refractivity contribution in [1.29, 1.82) is 0 Å². The zero-order valence-electron chi connectivity index (χ0n) is 18.0. The molecule has 0 heterocycles. The van der Waals surface area contributed by atoms with E-state index < -0.39 is 0 Å². The molecule has 0 aromatic heterocycles. The number of nitrogens with one attached hydrogen (secondary N) is 1. The van der Waals surface area contributed by atoms with Crippen LogP contribution in [0.25, 0.3) is 0 Å². The maximum atomic E-state index is 6.00. The molecule has 0 aliphatic heterocycles. The summed E-state index contributed by atoms with van der Waals surface area (Å²) >= 11 is 6.00. The normalized spacial score (nSPS) is 13.3. The van der Waals surface area contributed by atoms with Crippen molar-refractivity contribution in [2.24, 2.45) is 0 Å². The minimum atomic E-state index is 0.285. The second-order valence-electron chi connectivity index (χ2n) is 8.73. The van der Waals surface area contributed by atoms with Crippen LogP contribution >= 0.6 is 11.6 Å². The average Bonchev–Trinajstić information content (AvgIpc) is 2.56. The summed E-state index contributed by atoms with van der Waals surface area (Å²) in [7, 11) is 0. The third kappa shape index (κ3) is 20.4. The van der Waals surface area contributed by atoms with Gasteiger partial charge in [-0.3, -0.25) is 0 Å². The quantitative estimate of drug-likeness (QED) is 0.177. The monoisotopic (exact) mass is 373 g/mol. The molecule has 0 radical (unpaired) electrons. The van der Waals surface area contributed by atoms with E-state index >= 15 is 0 Å². The van der Waals surface area contributed by atoms with Gasteiger partial charge in [0.2, 0.25) is 0 Å². The Labute approximate surface area is 165 Å². The lowest BCUT2D eigenvalue weighted by Gasteiger charge is -2.26. The minimum absolute atomic E-state index is 0.285. The fourth-order valence-corrected chi connectivity index (χ4v) is 3.64. The van der Waals surface area contributed by atoms with Crippen molar-refractivity contribution in [2.75, 3.05) is 6.54 Å². The Kier molecular flexibility index (Phi) is 17.8. The summed E-state index contributed by atoms with van der Waals surface area (Å²) in [4.78, 5) is 0. The first-order valence-corrected chi connectivity index (χ1v) is 11.8. The average molecular weight is 374 g/mol. The summed E-state index contributed by atoms with van der Waals surface area (Å²) in [5.41, 5.74) is 0.285. The molecule has 0 saturated carbocycles. The SMILES string of the molecule is CCCCCCCCCCCCCCCC(C)(C)NCCCC(C)Cl. The molecule has 0 saturated heterocycles. The molecule has 2 heteroatoms. The van der Waals surface area contributed by atoms with Crippen LogP contribution in [0.4, 0.5) is 0 Å². The zero-order valence-corrected chi connectivity index (χ0v) is 18.7. The van der Waals surface area contributed by atoms with Crippen LogP contribution in [0, 0.1) is 0 Å². The number of unbranched alkanes of at least 4 members (excludes halogenated alkanes) is 12. The lowest BCUT2D eigenvalue weighted by Crippen LogP contribution is -2.39. The van der Waals surface area contributed by atoms with Gasteiger partial charge in [0.05, 0.1) is 0 Å². The van der Waals surface area contributed by atoms with E-state index in [1.54, 1.807) is 0 Å². The summed E-state index contributed by atoms with van der Waals surface area (Å²) in [6, 6.07) is 0.